The third-order valence-corrected chi connectivity index (χ3v) is 2.59. The van der Waals surface area contributed by atoms with E-state index in [0.29, 0.717) is 26.3 Å². The molecule has 6 nitrogen and oxygen atoms in total. The molecule has 0 saturated heterocycles. The van der Waals surface area contributed by atoms with Crippen molar-refractivity contribution in [3.8, 4) is 0 Å². The van der Waals surface area contributed by atoms with Crippen LogP contribution in [0.5, 0.6) is 0 Å². The quantitative estimate of drug-likeness (QED) is 0.642. The molecule has 2 N–H and O–H groups in total. The smallest absolute Gasteiger partial charge is 0.326 e. The first-order chi connectivity index (χ1) is 8.43. The van der Waals surface area contributed by atoms with E-state index in [1.54, 1.807) is 13.8 Å². The van der Waals surface area contributed by atoms with Crippen LogP contribution in [-0.4, -0.2) is 54.4 Å². The van der Waals surface area contributed by atoms with Crippen molar-refractivity contribution >= 4 is 12.0 Å². The van der Waals surface area contributed by atoms with Crippen molar-refractivity contribution in [1.29, 1.82) is 0 Å². The number of likely N-dealkylation sites (N-methyl/N-ethyl adjacent to an activating group) is 1. The molecule has 0 spiro atoms. The number of urea groups is 1. The third kappa shape index (κ3) is 5.86. The van der Waals surface area contributed by atoms with Crippen LogP contribution in [0.3, 0.4) is 0 Å². The lowest BCUT2D eigenvalue weighted by Crippen LogP contribution is -2.50. The number of carboxylic acid groups (broad SMARTS) is 1. The summed E-state index contributed by atoms with van der Waals surface area (Å²) in [6, 6.07) is -1.23. The summed E-state index contributed by atoms with van der Waals surface area (Å²) in [5, 5.41) is 11.5. The molecule has 2 amide bonds. The minimum atomic E-state index is -1.01. The van der Waals surface area contributed by atoms with E-state index < -0.39 is 12.0 Å². The zero-order chi connectivity index (χ0) is 14.1. The fourth-order valence-corrected chi connectivity index (χ4v) is 1.46. The Kier molecular flexibility index (Phi) is 8.11. The molecule has 1 unspecified atom stereocenters. The highest BCUT2D eigenvalue weighted by molar-refractivity contribution is 5.82. The van der Waals surface area contributed by atoms with Gasteiger partial charge in [-0.3, -0.25) is 0 Å². The van der Waals surface area contributed by atoms with Crippen molar-refractivity contribution in [3.63, 3.8) is 0 Å². The van der Waals surface area contributed by atoms with E-state index in [1.807, 2.05) is 13.8 Å². The number of hydrogen-bond acceptors (Lipinski definition) is 3. The lowest BCUT2D eigenvalue weighted by molar-refractivity contribution is -0.140. The Hall–Kier alpha value is -1.30. The van der Waals surface area contributed by atoms with Crippen LogP contribution < -0.4 is 5.32 Å². The van der Waals surface area contributed by atoms with Gasteiger partial charge in [-0.2, -0.15) is 0 Å². The van der Waals surface area contributed by atoms with Gasteiger partial charge in [0, 0.05) is 19.7 Å². The van der Waals surface area contributed by atoms with Gasteiger partial charge in [-0.25, -0.2) is 9.59 Å². The molecule has 0 aromatic rings. The predicted molar refractivity (Wildman–Crippen MR) is 68.5 cm³/mol. The van der Waals surface area contributed by atoms with Crippen molar-refractivity contribution in [3.05, 3.63) is 0 Å². The average Bonchev–Trinajstić information content (AvgIpc) is 2.30. The second kappa shape index (κ2) is 8.74. The molecule has 0 aromatic heterocycles. The molecule has 0 aliphatic heterocycles. The number of amides is 2. The monoisotopic (exact) mass is 260 g/mol. The fourth-order valence-electron chi connectivity index (χ4n) is 1.46. The molecule has 18 heavy (non-hydrogen) atoms. The van der Waals surface area contributed by atoms with Crippen LogP contribution >= 0.6 is 0 Å². The Labute approximate surface area is 108 Å². The molecular formula is C12H24N2O4. The molecule has 0 heterocycles. The zero-order valence-electron chi connectivity index (χ0n) is 11.6. The minimum absolute atomic E-state index is 0.156. The van der Waals surface area contributed by atoms with Crippen LogP contribution in [0, 0.1) is 5.92 Å². The molecule has 0 bridgehead atoms. The number of hydrogen-bond donors (Lipinski definition) is 2. The fraction of sp³-hybridized carbons (Fsp3) is 0.833. The van der Waals surface area contributed by atoms with Crippen molar-refractivity contribution in [2.24, 2.45) is 5.92 Å². The van der Waals surface area contributed by atoms with E-state index in [4.69, 9.17) is 9.84 Å². The molecule has 0 radical (unpaired) electrons. The molecule has 0 fully saturated rings. The van der Waals surface area contributed by atoms with Gasteiger partial charge in [0.25, 0.3) is 0 Å². The number of aliphatic carboxylic acids is 1. The summed E-state index contributed by atoms with van der Waals surface area (Å²) in [5.41, 5.74) is 0. The summed E-state index contributed by atoms with van der Waals surface area (Å²) in [7, 11) is 0. The van der Waals surface area contributed by atoms with Crippen molar-refractivity contribution in [2.75, 3.05) is 26.3 Å². The van der Waals surface area contributed by atoms with Crippen molar-refractivity contribution in [2.45, 2.75) is 33.7 Å². The number of carbonyl (C=O) groups is 2. The summed E-state index contributed by atoms with van der Waals surface area (Å²) in [4.78, 5) is 24.4. The van der Waals surface area contributed by atoms with E-state index in [9.17, 15) is 9.59 Å². The summed E-state index contributed by atoms with van der Waals surface area (Å²) in [6.07, 6.45) is 0. The van der Waals surface area contributed by atoms with Crippen molar-refractivity contribution in [1.82, 2.24) is 10.2 Å². The molecule has 0 aliphatic carbocycles. The Morgan fingerprint density at radius 2 is 1.94 bits per heavy atom. The van der Waals surface area contributed by atoms with Gasteiger partial charge >= 0.3 is 12.0 Å². The van der Waals surface area contributed by atoms with E-state index >= 15 is 0 Å². The SMILES string of the molecule is CCOCCN(CC)C(=O)NC(C(=O)O)C(C)C. The van der Waals surface area contributed by atoms with Crippen LogP contribution in [0.1, 0.15) is 27.7 Å². The lowest BCUT2D eigenvalue weighted by Gasteiger charge is -2.25. The molecule has 106 valence electrons. The van der Waals surface area contributed by atoms with Gasteiger partial charge in [0.1, 0.15) is 6.04 Å². The van der Waals surface area contributed by atoms with Crippen LogP contribution in [0.4, 0.5) is 4.79 Å². The Morgan fingerprint density at radius 1 is 1.33 bits per heavy atom. The van der Waals surface area contributed by atoms with Gasteiger partial charge in [-0.15, -0.1) is 0 Å². The maximum absolute atomic E-state index is 11.9. The number of carbonyl (C=O) groups excluding carboxylic acids is 1. The highest BCUT2D eigenvalue weighted by Crippen LogP contribution is 2.03. The summed E-state index contributed by atoms with van der Waals surface area (Å²) in [6.45, 7) is 9.28. The number of carboxylic acids is 1. The first-order valence-electron chi connectivity index (χ1n) is 6.29. The number of ether oxygens (including phenoxy) is 1. The largest absolute Gasteiger partial charge is 0.480 e. The second-order valence-corrected chi connectivity index (χ2v) is 4.29. The minimum Gasteiger partial charge on any atom is -0.480 e. The van der Waals surface area contributed by atoms with Crippen LogP contribution in [0.2, 0.25) is 0 Å². The molecule has 1 atom stereocenters. The van der Waals surface area contributed by atoms with Gasteiger partial charge in [-0.1, -0.05) is 13.8 Å². The molecule has 0 aromatic carbocycles. The Bertz CT molecular complexity index is 269. The van der Waals surface area contributed by atoms with Gasteiger partial charge in [0.2, 0.25) is 0 Å². The van der Waals surface area contributed by atoms with Gasteiger partial charge in [-0.05, 0) is 19.8 Å². The van der Waals surface area contributed by atoms with E-state index in [0.717, 1.165) is 0 Å². The van der Waals surface area contributed by atoms with E-state index in [2.05, 4.69) is 5.32 Å². The first-order valence-corrected chi connectivity index (χ1v) is 6.29. The topological polar surface area (TPSA) is 78.9 Å². The lowest BCUT2D eigenvalue weighted by atomic mass is 10.1. The van der Waals surface area contributed by atoms with Crippen LogP contribution in [0.25, 0.3) is 0 Å². The highest BCUT2D eigenvalue weighted by Gasteiger charge is 2.25. The standard InChI is InChI=1S/C12H24N2O4/c1-5-14(7-8-18-6-2)12(17)13-10(9(3)4)11(15)16/h9-10H,5-8H2,1-4H3,(H,13,17)(H,15,16). The maximum Gasteiger partial charge on any atom is 0.326 e. The molecule has 0 rings (SSSR count). The van der Waals surface area contributed by atoms with Crippen LogP contribution in [0.15, 0.2) is 0 Å². The number of nitrogens with zero attached hydrogens (tertiary/aromatic N) is 1. The van der Waals surface area contributed by atoms with Crippen molar-refractivity contribution < 1.29 is 19.4 Å². The van der Waals surface area contributed by atoms with Gasteiger partial charge < -0.3 is 20.1 Å². The molecule has 6 heteroatoms. The average molecular weight is 260 g/mol. The summed E-state index contributed by atoms with van der Waals surface area (Å²) >= 11 is 0. The molecule has 0 saturated carbocycles. The summed E-state index contributed by atoms with van der Waals surface area (Å²) in [5.74, 6) is -1.17. The zero-order valence-corrected chi connectivity index (χ0v) is 11.6. The van der Waals surface area contributed by atoms with Crippen LogP contribution in [-0.2, 0) is 9.53 Å². The summed E-state index contributed by atoms with van der Waals surface area (Å²) < 4.78 is 5.18. The van der Waals surface area contributed by atoms with Gasteiger partial charge in [0.15, 0.2) is 0 Å². The number of nitrogens with one attached hydrogen (secondary N) is 1. The third-order valence-electron chi connectivity index (χ3n) is 2.59. The maximum atomic E-state index is 11.9. The van der Waals surface area contributed by atoms with E-state index in [-0.39, 0.29) is 11.9 Å². The highest BCUT2D eigenvalue weighted by atomic mass is 16.5. The predicted octanol–water partition coefficient (Wildman–Crippen LogP) is 1.16. The first kappa shape index (κ1) is 16.7. The normalized spacial score (nSPS) is 12.3. The number of rotatable bonds is 8. The molecular weight excluding hydrogens is 236 g/mol. The van der Waals surface area contributed by atoms with E-state index in [1.165, 1.54) is 4.90 Å². The molecule has 0 aliphatic rings. The Balaban J connectivity index is 4.36. The van der Waals surface area contributed by atoms with Gasteiger partial charge in [0.05, 0.1) is 6.61 Å². The Morgan fingerprint density at radius 3 is 2.33 bits per heavy atom. The second-order valence-electron chi connectivity index (χ2n) is 4.29.